The zero-order chi connectivity index (χ0) is 19.8. The van der Waals surface area contributed by atoms with Crippen molar-refractivity contribution in [3.05, 3.63) is 63.9 Å². The highest BCUT2D eigenvalue weighted by Gasteiger charge is 2.22. The number of hydrogen-bond acceptors (Lipinski definition) is 5. The highest BCUT2D eigenvalue weighted by Crippen LogP contribution is 2.24. The van der Waals surface area contributed by atoms with Gasteiger partial charge in [-0.1, -0.05) is 0 Å². The van der Waals surface area contributed by atoms with Gasteiger partial charge in [0, 0.05) is 25.0 Å². The first-order valence-electron chi connectivity index (χ1n) is 8.53. The number of fused-ring (bicyclic) bond motifs is 1. The van der Waals surface area contributed by atoms with Crippen molar-refractivity contribution in [2.24, 2.45) is 0 Å². The van der Waals surface area contributed by atoms with Crippen molar-refractivity contribution in [2.75, 3.05) is 31.2 Å². The number of carboxylic acid groups (broad SMARTS) is 1. The van der Waals surface area contributed by atoms with Crippen LogP contribution in [0.4, 0.5) is 14.6 Å². The Hall–Kier alpha value is -3.33. The Morgan fingerprint density at radius 1 is 1.14 bits per heavy atom. The molecule has 1 aliphatic heterocycles. The molecule has 7 nitrogen and oxygen atoms in total. The summed E-state index contributed by atoms with van der Waals surface area (Å²) < 4.78 is 34.6. The van der Waals surface area contributed by atoms with Crippen molar-refractivity contribution in [3.63, 3.8) is 0 Å². The van der Waals surface area contributed by atoms with E-state index >= 15 is 0 Å². The van der Waals surface area contributed by atoms with Crippen LogP contribution in [-0.4, -0.2) is 46.9 Å². The molecule has 0 unspecified atom stereocenters. The third-order valence-corrected chi connectivity index (χ3v) is 4.56. The van der Waals surface area contributed by atoms with E-state index in [0.29, 0.717) is 32.0 Å². The molecule has 1 aliphatic rings. The molecule has 144 valence electrons. The average Bonchev–Trinajstić information content (AvgIpc) is 2.69. The van der Waals surface area contributed by atoms with Crippen LogP contribution < -0.4 is 10.3 Å². The number of halogens is 2. The Morgan fingerprint density at radius 3 is 2.46 bits per heavy atom. The monoisotopic (exact) mass is 387 g/mol. The number of nitrogens with zero attached hydrogens (tertiary/aromatic N) is 3. The number of benzene rings is 1. The second-order valence-electron chi connectivity index (χ2n) is 6.29. The maximum atomic E-state index is 14.7. The number of aromatic carboxylic acids is 1. The van der Waals surface area contributed by atoms with Crippen LogP contribution in [0.3, 0.4) is 0 Å². The minimum atomic E-state index is -1.44. The molecule has 1 aromatic carbocycles. The molecule has 0 saturated carbocycles. The van der Waals surface area contributed by atoms with Crippen LogP contribution in [0, 0.1) is 11.6 Å². The van der Waals surface area contributed by atoms with Gasteiger partial charge in [-0.3, -0.25) is 4.79 Å². The third-order valence-electron chi connectivity index (χ3n) is 4.56. The Labute approximate surface area is 157 Å². The SMILES string of the molecule is O=C(O)c1cn(-c2ccc(F)cc2)c2nc(N3CCOCC3)c(F)cc2c1=O. The Bertz CT molecular complexity index is 1120. The summed E-state index contributed by atoms with van der Waals surface area (Å²) in [5, 5.41) is 9.19. The van der Waals surface area contributed by atoms with Crippen molar-refractivity contribution in [3.8, 4) is 5.69 Å². The van der Waals surface area contributed by atoms with Crippen LogP contribution >= 0.6 is 0 Å². The molecule has 0 aliphatic carbocycles. The van der Waals surface area contributed by atoms with Gasteiger partial charge in [-0.05, 0) is 30.3 Å². The van der Waals surface area contributed by atoms with Crippen LogP contribution in [0.5, 0.6) is 0 Å². The van der Waals surface area contributed by atoms with Gasteiger partial charge in [0.15, 0.2) is 17.3 Å². The van der Waals surface area contributed by atoms with E-state index in [2.05, 4.69) is 4.98 Å². The van der Waals surface area contributed by atoms with Crippen molar-refractivity contribution in [1.29, 1.82) is 0 Å². The first-order valence-corrected chi connectivity index (χ1v) is 8.53. The zero-order valence-corrected chi connectivity index (χ0v) is 14.6. The van der Waals surface area contributed by atoms with Gasteiger partial charge in [-0.2, -0.15) is 0 Å². The number of ether oxygens (including phenoxy) is 1. The molecule has 0 amide bonds. The van der Waals surface area contributed by atoms with Gasteiger partial charge in [0.05, 0.1) is 18.6 Å². The van der Waals surface area contributed by atoms with Crippen LogP contribution in [0.25, 0.3) is 16.7 Å². The van der Waals surface area contributed by atoms with E-state index in [1.807, 2.05) is 0 Å². The van der Waals surface area contributed by atoms with Crippen LogP contribution in [0.1, 0.15) is 10.4 Å². The molecule has 0 radical (unpaired) electrons. The molecule has 28 heavy (non-hydrogen) atoms. The minimum absolute atomic E-state index is 0.0501. The lowest BCUT2D eigenvalue weighted by atomic mass is 10.1. The average molecular weight is 387 g/mol. The molecule has 2 aromatic heterocycles. The Morgan fingerprint density at radius 2 is 1.82 bits per heavy atom. The Kier molecular flexibility index (Phi) is 4.52. The van der Waals surface area contributed by atoms with Gasteiger partial charge in [0.25, 0.3) is 0 Å². The van der Waals surface area contributed by atoms with Gasteiger partial charge in [0.1, 0.15) is 11.4 Å². The maximum absolute atomic E-state index is 14.7. The summed E-state index contributed by atoms with van der Waals surface area (Å²) in [6.45, 7) is 1.70. The van der Waals surface area contributed by atoms with E-state index in [4.69, 9.17) is 4.74 Å². The fraction of sp³-hybridized carbons (Fsp3) is 0.211. The number of anilines is 1. The number of morpholine rings is 1. The Balaban J connectivity index is 2.01. The number of carbonyl (C=O) groups is 1. The van der Waals surface area contributed by atoms with E-state index in [1.165, 1.54) is 28.8 Å². The number of rotatable bonds is 3. The zero-order valence-electron chi connectivity index (χ0n) is 14.6. The lowest BCUT2D eigenvalue weighted by Crippen LogP contribution is -2.37. The molecule has 0 spiro atoms. The summed E-state index contributed by atoms with van der Waals surface area (Å²) >= 11 is 0. The van der Waals surface area contributed by atoms with Crippen LogP contribution in [0.15, 0.2) is 41.3 Å². The van der Waals surface area contributed by atoms with E-state index in [9.17, 15) is 23.5 Å². The molecule has 4 rings (SSSR count). The fourth-order valence-corrected chi connectivity index (χ4v) is 3.16. The lowest BCUT2D eigenvalue weighted by molar-refractivity contribution is 0.0695. The number of carboxylic acids is 1. The van der Waals surface area contributed by atoms with Gasteiger partial charge in [-0.25, -0.2) is 18.6 Å². The van der Waals surface area contributed by atoms with Crippen molar-refractivity contribution >= 4 is 22.8 Å². The van der Waals surface area contributed by atoms with E-state index in [0.717, 1.165) is 12.3 Å². The third kappa shape index (κ3) is 3.09. The summed E-state index contributed by atoms with van der Waals surface area (Å²) in [7, 11) is 0. The lowest BCUT2D eigenvalue weighted by Gasteiger charge is -2.28. The molecular weight excluding hydrogens is 372 g/mol. The topological polar surface area (TPSA) is 84.7 Å². The van der Waals surface area contributed by atoms with Crippen LogP contribution in [0.2, 0.25) is 0 Å². The second-order valence-corrected chi connectivity index (χ2v) is 6.29. The molecule has 1 fully saturated rings. The molecule has 0 bridgehead atoms. The summed E-state index contributed by atoms with van der Waals surface area (Å²) in [5.41, 5.74) is -0.886. The molecule has 3 heterocycles. The highest BCUT2D eigenvalue weighted by molar-refractivity contribution is 5.92. The quantitative estimate of drug-likeness (QED) is 0.742. The first-order chi connectivity index (χ1) is 13.5. The molecule has 1 N–H and O–H groups in total. The summed E-state index contributed by atoms with van der Waals surface area (Å²) in [4.78, 5) is 30.1. The second kappa shape index (κ2) is 7.01. The van der Waals surface area contributed by atoms with Crippen molar-refractivity contribution in [1.82, 2.24) is 9.55 Å². The van der Waals surface area contributed by atoms with Gasteiger partial charge in [0.2, 0.25) is 5.43 Å². The standard InChI is InChI=1S/C19H15F2N3O4/c20-11-1-3-12(4-2-11)24-10-14(19(26)27)16(25)13-9-15(21)18(22-17(13)24)23-5-7-28-8-6-23/h1-4,9-10H,5-8H2,(H,26,27). The molecule has 1 saturated heterocycles. The molecule has 0 atom stereocenters. The predicted octanol–water partition coefficient (Wildman–Crippen LogP) is 2.20. The fourth-order valence-electron chi connectivity index (χ4n) is 3.16. The minimum Gasteiger partial charge on any atom is -0.477 e. The smallest absolute Gasteiger partial charge is 0.341 e. The van der Waals surface area contributed by atoms with Crippen molar-refractivity contribution in [2.45, 2.75) is 0 Å². The van der Waals surface area contributed by atoms with Gasteiger partial charge < -0.3 is 19.3 Å². The normalized spacial score (nSPS) is 14.4. The molecule has 9 heteroatoms. The molecule has 3 aromatic rings. The first kappa shape index (κ1) is 18.1. The molecular formula is C19H15F2N3O4. The summed E-state index contributed by atoms with van der Waals surface area (Å²) in [6, 6.07) is 6.24. The number of pyridine rings is 2. The predicted molar refractivity (Wildman–Crippen MR) is 97.2 cm³/mol. The maximum Gasteiger partial charge on any atom is 0.341 e. The van der Waals surface area contributed by atoms with E-state index in [-0.39, 0.29) is 16.9 Å². The summed E-state index contributed by atoms with van der Waals surface area (Å²) in [5.74, 6) is -2.59. The summed E-state index contributed by atoms with van der Waals surface area (Å²) in [6.07, 6.45) is 1.12. The van der Waals surface area contributed by atoms with Crippen molar-refractivity contribution < 1.29 is 23.4 Å². The van der Waals surface area contributed by atoms with Crippen LogP contribution in [-0.2, 0) is 4.74 Å². The largest absolute Gasteiger partial charge is 0.477 e. The van der Waals surface area contributed by atoms with E-state index in [1.54, 1.807) is 4.90 Å². The number of aromatic nitrogens is 2. The number of hydrogen-bond donors (Lipinski definition) is 1. The van der Waals surface area contributed by atoms with E-state index < -0.39 is 28.6 Å². The van der Waals surface area contributed by atoms with Gasteiger partial charge in [-0.15, -0.1) is 0 Å². The van der Waals surface area contributed by atoms with Gasteiger partial charge >= 0.3 is 5.97 Å². The highest BCUT2D eigenvalue weighted by atomic mass is 19.1.